The number of carbonyl (C=O) groups excluding carboxylic acids is 1. The molecule has 0 N–H and O–H groups in total. The highest BCUT2D eigenvalue weighted by Gasteiger charge is 2.41. The van der Waals surface area contributed by atoms with Crippen molar-refractivity contribution < 1.29 is 17.9 Å². The third-order valence-electron chi connectivity index (χ3n) is 3.52. The summed E-state index contributed by atoms with van der Waals surface area (Å²) in [6, 6.07) is 6.11. The number of ether oxygens (including phenoxy) is 1. The number of hydrogen-bond donors (Lipinski definition) is 0. The van der Waals surface area contributed by atoms with Crippen LogP contribution in [0.5, 0.6) is 0 Å². The Hall–Kier alpha value is -1.11. The molecule has 0 spiro atoms. The van der Waals surface area contributed by atoms with Gasteiger partial charge in [0, 0.05) is 18.1 Å². The molecule has 2 atom stereocenters. The minimum Gasteiger partial charge on any atom is -0.469 e. The van der Waals surface area contributed by atoms with Crippen molar-refractivity contribution >= 4 is 27.6 Å². The summed E-state index contributed by atoms with van der Waals surface area (Å²) in [7, 11) is -2.32. The second-order valence-corrected chi connectivity index (χ2v) is 7.26. The van der Waals surface area contributed by atoms with Crippen molar-refractivity contribution in [1.82, 2.24) is 4.31 Å². The van der Waals surface area contributed by atoms with Gasteiger partial charge in [-0.05, 0) is 24.1 Å². The van der Waals surface area contributed by atoms with Gasteiger partial charge in [-0.3, -0.25) is 4.79 Å². The van der Waals surface area contributed by atoms with Gasteiger partial charge in [-0.2, -0.15) is 4.31 Å². The van der Waals surface area contributed by atoms with Crippen molar-refractivity contribution in [2.75, 3.05) is 20.2 Å². The lowest BCUT2D eigenvalue weighted by molar-refractivity contribution is -0.145. The Kier molecular flexibility index (Phi) is 4.36. The summed E-state index contributed by atoms with van der Waals surface area (Å²) in [4.78, 5) is 11.8. The van der Waals surface area contributed by atoms with Crippen LogP contribution < -0.4 is 0 Å². The van der Waals surface area contributed by atoms with E-state index in [1.807, 2.05) is 6.92 Å². The van der Waals surface area contributed by atoms with Gasteiger partial charge in [0.25, 0.3) is 0 Å². The molecule has 1 fully saturated rings. The van der Waals surface area contributed by atoms with Crippen molar-refractivity contribution in [2.45, 2.75) is 11.8 Å². The van der Waals surface area contributed by atoms with Crippen LogP contribution in [-0.4, -0.2) is 38.9 Å². The van der Waals surface area contributed by atoms with Gasteiger partial charge in [0.15, 0.2) is 0 Å². The van der Waals surface area contributed by atoms with E-state index in [1.165, 1.54) is 23.5 Å². The molecular weight excluding hydrogens is 302 g/mol. The number of methoxy groups -OCH3 is 1. The average Bonchev–Trinajstić information content (AvgIpc) is 2.80. The van der Waals surface area contributed by atoms with E-state index in [2.05, 4.69) is 0 Å². The first-order valence-electron chi connectivity index (χ1n) is 6.20. The Bertz CT molecular complexity index is 617. The maximum absolute atomic E-state index is 12.5. The van der Waals surface area contributed by atoms with Crippen LogP contribution in [0.1, 0.15) is 6.92 Å². The van der Waals surface area contributed by atoms with E-state index in [1.54, 1.807) is 12.1 Å². The van der Waals surface area contributed by atoms with Gasteiger partial charge in [0.1, 0.15) is 0 Å². The monoisotopic (exact) mass is 317 g/mol. The van der Waals surface area contributed by atoms with Crippen LogP contribution in [0.15, 0.2) is 29.2 Å². The van der Waals surface area contributed by atoms with Crippen molar-refractivity contribution in [2.24, 2.45) is 11.8 Å². The molecule has 0 amide bonds. The van der Waals surface area contributed by atoms with E-state index in [0.29, 0.717) is 11.6 Å². The van der Waals surface area contributed by atoms with Crippen LogP contribution >= 0.6 is 11.6 Å². The fourth-order valence-corrected chi connectivity index (χ4v) is 4.22. The average molecular weight is 318 g/mol. The second kappa shape index (κ2) is 5.71. The third-order valence-corrected chi connectivity index (χ3v) is 5.58. The molecule has 5 nitrogen and oxygen atoms in total. The first-order valence-corrected chi connectivity index (χ1v) is 8.01. The molecular formula is C13H16ClNO4S. The van der Waals surface area contributed by atoms with E-state index >= 15 is 0 Å². The van der Waals surface area contributed by atoms with E-state index in [-0.39, 0.29) is 23.3 Å². The quantitative estimate of drug-likeness (QED) is 0.797. The molecule has 1 heterocycles. The summed E-state index contributed by atoms with van der Waals surface area (Å²) in [6.45, 7) is 2.28. The van der Waals surface area contributed by atoms with E-state index in [0.717, 1.165) is 0 Å². The number of nitrogens with zero attached hydrogens (tertiary/aromatic N) is 1. The zero-order valence-corrected chi connectivity index (χ0v) is 12.8. The van der Waals surface area contributed by atoms with Crippen LogP contribution in [0.4, 0.5) is 0 Å². The number of carbonyl (C=O) groups is 1. The number of esters is 1. The van der Waals surface area contributed by atoms with Gasteiger partial charge in [0.2, 0.25) is 10.0 Å². The molecule has 1 saturated heterocycles. The largest absolute Gasteiger partial charge is 0.469 e. The van der Waals surface area contributed by atoms with Gasteiger partial charge in [-0.25, -0.2) is 8.42 Å². The number of benzene rings is 1. The standard InChI is InChI=1S/C13H16ClNO4S/c1-9-7-15(8-12(9)13(16)19-2)20(17,18)11-5-3-4-10(14)6-11/h3-6,9,12H,7-8H2,1-2H3. The summed E-state index contributed by atoms with van der Waals surface area (Å²) in [5.74, 6) is -0.869. The molecule has 1 aromatic rings. The molecule has 1 aliphatic heterocycles. The maximum Gasteiger partial charge on any atom is 0.310 e. The Morgan fingerprint density at radius 1 is 1.40 bits per heavy atom. The Morgan fingerprint density at radius 2 is 2.10 bits per heavy atom. The topological polar surface area (TPSA) is 63.7 Å². The summed E-state index contributed by atoms with van der Waals surface area (Å²) in [5, 5.41) is 0.364. The minimum absolute atomic E-state index is 0.0728. The smallest absolute Gasteiger partial charge is 0.310 e. The van der Waals surface area contributed by atoms with Crippen molar-refractivity contribution in [3.05, 3.63) is 29.3 Å². The lowest BCUT2D eigenvalue weighted by Crippen LogP contribution is -2.30. The van der Waals surface area contributed by atoms with Crippen LogP contribution in [0.3, 0.4) is 0 Å². The second-order valence-electron chi connectivity index (χ2n) is 4.89. The Balaban J connectivity index is 2.26. The lowest BCUT2D eigenvalue weighted by atomic mass is 9.99. The number of halogens is 1. The lowest BCUT2D eigenvalue weighted by Gasteiger charge is -2.16. The summed E-state index contributed by atoms with van der Waals surface area (Å²) < 4.78 is 31.0. The molecule has 1 aromatic carbocycles. The van der Waals surface area contributed by atoms with E-state index < -0.39 is 15.9 Å². The van der Waals surface area contributed by atoms with Gasteiger partial charge in [0.05, 0.1) is 17.9 Å². The Labute approximate surface area is 123 Å². The van der Waals surface area contributed by atoms with Gasteiger partial charge >= 0.3 is 5.97 Å². The Morgan fingerprint density at radius 3 is 2.70 bits per heavy atom. The van der Waals surface area contributed by atoms with Crippen LogP contribution in [0.25, 0.3) is 0 Å². The molecule has 20 heavy (non-hydrogen) atoms. The molecule has 110 valence electrons. The molecule has 7 heteroatoms. The highest BCUT2D eigenvalue weighted by Crippen LogP contribution is 2.29. The van der Waals surface area contributed by atoms with Crippen LogP contribution in [0, 0.1) is 11.8 Å². The van der Waals surface area contributed by atoms with Gasteiger partial charge in [-0.15, -0.1) is 0 Å². The predicted octanol–water partition coefficient (Wildman–Crippen LogP) is 1.77. The summed E-state index contributed by atoms with van der Waals surface area (Å²) in [6.07, 6.45) is 0. The molecule has 0 saturated carbocycles. The van der Waals surface area contributed by atoms with Crippen LogP contribution in [0.2, 0.25) is 5.02 Å². The fourth-order valence-electron chi connectivity index (χ4n) is 2.35. The molecule has 0 radical (unpaired) electrons. The minimum atomic E-state index is -3.63. The highest BCUT2D eigenvalue weighted by atomic mass is 35.5. The van der Waals surface area contributed by atoms with E-state index in [9.17, 15) is 13.2 Å². The summed E-state index contributed by atoms with van der Waals surface area (Å²) in [5.41, 5.74) is 0. The van der Waals surface area contributed by atoms with Gasteiger partial charge < -0.3 is 4.74 Å². The van der Waals surface area contributed by atoms with E-state index in [4.69, 9.17) is 16.3 Å². The molecule has 0 bridgehead atoms. The molecule has 2 rings (SSSR count). The normalized spacial score (nSPS) is 23.8. The molecule has 0 aliphatic carbocycles. The number of hydrogen-bond acceptors (Lipinski definition) is 4. The van der Waals surface area contributed by atoms with Crippen LogP contribution in [-0.2, 0) is 19.6 Å². The third kappa shape index (κ3) is 2.82. The first kappa shape index (κ1) is 15.3. The predicted molar refractivity (Wildman–Crippen MR) is 74.9 cm³/mol. The van der Waals surface area contributed by atoms with Gasteiger partial charge in [-0.1, -0.05) is 24.6 Å². The number of rotatable bonds is 3. The van der Waals surface area contributed by atoms with Crippen molar-refractivity contribution in [3.8, 4) is 0 Å². The maximum atomic E-state index is 12.5. The highest BCUT2D eigenvalue weighted by molar-refractivity contribution is 7.89. The molecule has 2 unspecified atom stereocenters. The first-order chi connectivity index (χ1) is 9.36. The SMILES string of the molecule is COC(=O)C1CN(S(=O)(=O)c2cccc(Cl)c2)CC1C. The zero-order valence-electron chi connectivity index (χ0n) is 11.2. The molecule has 0 aromatic heterocycles. The summed E-state index contributed by atoms with van der Waals surface area (Å²) >= 11 is 5.83. The number of sulfonamides is 1. The van der Waals surface area contributed by atoms with Crippen molar-refractivity contribution in [3.63, 3.8) is 0 Å². The van der Waals surface area contributed by atoms with Crippen molar-refractivity contribution in [1.29, 1.82) is 0 Å². The zero-order chi connectivity index (χ0) is 14.9. The fraction of sp³-hybridized carbons (Fsp3) is 0.462. The molecule has 1 aliphatic rings.